The Kier molecular flexibility index (Phi) is 3.20. The van der Waals surface area contributed by atoms with E-state index in [0.717, 1.165) is 0 Å². The van der Waals surface area contributed by atoms with Gasteiger partial charge in [-0.25, -0.2) is 0 Å². The van der Waals surface area contributed by atoms with E-state index in [0.29, 0.717) is 11.3 Å². The van der Waals surface area contributed by atoms with Gasteiger partial charge in [0.15, 0.2) is 0 Å². The third-order valence-electron chi connectivity index (χ3n) is 2.20. The van der Waals surface area contributed by atoms with Crippen LogP contribution in [0.1, 0.15) is 26.5 Å². The average Bonchev–Trinajstić information content (AvgIpc) is 2.60. The van der Waals surface area contributed by atoms with Crippen molar-refractivity contribution in [3.05, 3.63) is 27.1 Å². The SMILES string of the molecule is CC(C)(C)c1nnc2cc([N+]#N)[nH]n2c1=O.[Cl-]. The molecular weight excluding hydrogens is 244 g/mol. The van der Waals surface area contributed by atoms with Crippen LogP contribution in [0.25, 0.3) is 10.6 Å². The summed E-state index contributed by atoms with van der Waals surface area (Å²) in [7, 11) is 0. The van der Waals surface area contributed by atoms with Crippen molar-refractivity contribution >= 4 is 11.5 Å². The molecule has 2 aromatic heterocycles. The first-order valence-electron chi connectivity index (χ1n) is 4.77. The number of nitrogens with zero attached hydrogens (tertiary/aromatic N) is 5. The molecule has 0 aromatic carbocycles. The average molecular weight is 255 g/mol. The summed E-state index contributed by atoms with van der Waals surface area (Å²) in [6.07, 6.45) is 0. The van der Waals surface area contributed by atoms with Crippen LogP contribution in [-0.2, 0) is 5.41 Å². The second-order valence-electron chi connectivity index (χ2n) is 4.54. The minimum absolute atomic E-state index is 0. The monoisotopic (exact) mass is 254 g/mol. The number of hydrogen-bond donors (Lipinski definition) is 1. The molecule has 0 fully saturated rings. The fourth-order valence-corrected chi connectivity index (χ4v) is 1.39. The zero-order valence-corrected chi connectivity index (χ0v) is 10.4. The number of H-pyrrole nitrogens is 1. The summed E-state index contributed by atoms with van der Waals surface area (Å²) in [4.78, 5) is 15.0. The van der Waals surface area contributed by atoms with Crippen molar-refractivity contribution in [1.82, 2.24) is 19.8 Å². The summed E-state index contributed by atoms with van der Waals surface area (Å²) in [5.41, 5.74) is 0.0157. The van der Waals surface area contributed by atoms with Gasteiger partial charge in [0.05, 0.1) is 5.39 Å². The largest absolute Gasteiger partial charge is 1.00 e. The number of halogens is 1. The number of fused-ring (bicyclic) bond motifs is 1. The lowest BCUT2D eigenvalue weighted by molar-refractivity contribution is -0.00000424. The Hall–Kier alpha value is -1.94. The predicted octanol–water partition coefficient (Wildman–Crippen LogP) is -1.80. The maximum atomic E-state index is 12.0. The maximum absolute atomic E-state index is 12.0. The Morgan fingerprint density at radius 3 is 2.59 bits per heavy atom. The molecule has 2 aromatic rings. The summed E-state index contributed by atoms with van der Waals surface area (Å²) in [5.74, 6) is 0.164. The molecule has 2 rings (SSSR count). The second kappa shape index (κ2) is 4.14. The highest BCUT2D eigenvalue weighted by Gasteiger charge is 2.24. The molecule has 0 spiro atoms. The van der Waals surface area contributed by atoms with Crippen LogP contribution in [0.3, 0.4) is 0 Å². The van der Waals surface area contributed by atoms with E-state index in [1.165, 1.54) is 10.6 Å². The van der Waals surface area contributed by atoms with Crippen LogP contribution in [0.4, 0.5) is 5.82 Å². The van der Waals surface area contributed by atoms with Crippen LogP contribution < -0.4 is 18.0 Å². The van der Waals surface area contributed by atoms with E-state index in [-0.39, 0.29) is 29.2 Å². The van der Waals surface area contributed by atoms with Gasteiger partial charge >= 0.3 is 11.4 Å². The van der Waals surface area contributed by atoms with Crippen LogP contribution in [0.2, 0.25) is 0 Å². The molecule has 90 valence electrons. The van der Waals surface area contributed by atoms with Gasteiger partial charge in [-0.15, -0.1) is 19.8 Å². The quantitative estimate of drug-likeness (QED) is 0.562. The lowest BCUT2D eigenvalue weighted by Gasteiger charge is -2.14. The van der Waals surface area contributed by atoms with Crippen LogP contribution >= 0.6 is 0 Å². The third-order valence-corrected chi connectivity index (χ3v) is 2.20. The van der Waals surface area contributed by atoms with E-state index >= 15 is 0 Å². The molecule has 0 unspecified atom stereocenters. The highest BCUT2D eigenvalue weighted by atomic mass is 35.5. The predicted molar refractivity (Wildman–Crippen MR) is 57.1 cm³/mol. The number of aromatic nitrogens is 4. The first kappa shape index (κ1) is 13.1. The normalized spacial score (nSPS) is 10.9. The lowest BCUT2D eigenvalue weighted by Crippen LogP contribution is -3.00. The number of hydrogen-bond acceptors (Lipinski definition) is 4. The molecule has 0 saturated heterocycles. The van der Waals surface area contributed by atoms with Gasteiger partial charge < -0.3 is 12.4 Å². The van der Waals surface area contributed by atoms with Crippen molar-refractivity contribution in [2.24, 2.45) is 0 Å². The molecule has 0 aliphatic carbocycles. The Morgan fingerprint density at radius 1 is 1.41 bits per heavy atom. The smallest absolute Gasteiger partial charge is 0.444 e. The van der Waals surface area contributed by atoms with Gasteiger partial charge in [-0.1, -0.05) is 20.8 Å². The molecule has 0 aliphatic rings. The number of nitrogens with one attached hydrogen (secondary N) is 1. The van der Waals surface area contributed by atoms with Gasteiger partial charge in [0.2, 0.25) is 5.65 Å². The van der Waals surface area contributed by atoms with E-state index in [4.69, 9.17) is 5.39 Å². The summed E-state index contributed by atoms with van der Waals surface area (Å²) in [6, 6.07) is 1.43. The number of aromatic amines is 1. The lowest BCUT2D eigenvalue weighted by atomic mass is 9.93. The second-order valence-corrected chi connectivity index (χ2v) is 4.54. The van der Waals surface area contributed by atoms with E-state index in [2.05, 4.69) is 20.3 Å². The van der Waals surface area contributed by atoms with Crippen molar-refractivity contribution < 1.29 is 12.4 Å². The van der Waals surface area contributed by atoms with Gasteiger partial charge in [0, 0.05) is 10.4 Å². The van der Waals surface area contributed by atoms with Crippen LogP contribution in [0, 0.1) is 5.39 Å². The Balaban J connectivity index is 0.00000144. The standard InChI is InChI=1S/C9H10N6O.ClH/c1-9(2,3)7-8(16)15-6(12-13-7)4-5(11-10)14-15;/h4H,1-3H3;1H. The molecule has 0 atom stereocenters. The van der Waals surface area contributed by atoms with E-state index in [1.54, 1.807) is 0 Å². The Bertz CT molecular complexity index is 644. The van der Waals surface area contributed by atoms with Gasteiger partial charge in [0.25, 0.3) is 0 Å². The topological polar surface area (TPSA) is 91.2 Å². The first-order valence-corrected chi connectivity index (χ1v) is 4.77. The summed E-state index contributed by atoms with van der Waals surface area (Å²) in [6.45, 7) is 5.64. The van der Waals surface area contributed by atoms with Gasteiger partial charge in [-0.3, -0.25) is 4.79 Å². The summed E-state index contributed by atoms with van der Waals surface area (Å²) in [5, 5.41) is 19.0. The van der Waals surface area contributed by atoms with Gasteiger partial charge in [-0.2, -0.15) is 0 Å². The fourth-order valence-electron chi connectivity index (χ4n) is 1.39. The van der Waals surface area contributed by atoms with Crippen LogP contribution in [0.5, 0.6) is 0 Å². The van der Waals surface area contributed by atoms with Crippen molar-refractivity contribution in [2.45, 2.75) is 26.2 Å². The molecule has 17 heavy (non-hydrogen) atoms. The molecule has 0 saturated carbocycles. The summed E-state index contributed by atoms with van der Waals surface area (Å²) >= 11 is 0. The fraction of sp³-hybridized carbons (Fsp3) is 0.444. The molecule has 0 radical (unpaired) electrons. The van der Waals surface area contributed by atoms with Crippen molar-refractivity contribution in [1.29, 1.82) is 5.39 Å². The van der Waals surface area contributed by atoms with Crippen molar-refractivity contribution in [3.8, 4) is 0 Å². The Morgan fingerprint density at radius 2 is 2.06 bits per heavy atom. The molecule has 0 bridgehead atoms. The van der Waals surface area contributed by atoms with Crippen LogP contribution in [-0.4, -0.2) is 19.8 Å². The van der Waals surface area contributed by atoms with Gasteiger partial charge in [-0.05, 0) is 0 Å². The van der Waals surface area contributed by atoms with E-state index < -0.39 is 0 Å². The van der Waals surface area contributed by atoms with E-state index in [9.17, 15) is 4.79 Å². The highest BCUT2D eigenvalue weighted by molar-refractivity contribution is 5.49. The van der Waals surface area contributed by atoms with Gasteiger partial charge in [0.1, 0.15) is 11.8 Å². The zero-order valence-electron chi connectivity index (χ0n) is 9.60. The highest BCUT2D eigenvalue weighted by Crippen LogP contribution is 2.16. The molecule has 2 heterocycles. The summed E-state index contributed by atoms with van der Waals surface area (Å²) < 4.78 is 1.21. The van der Waals surface area contributed by atoms with Crippen molar-refractivity contribution in [2.75, 3.05) is 0 Å². The number of rotatable bonds is 0. The third kappa shape index (κ3) is 2.12. The minimum Gasteiger partial charge on any atom is -1.00 e. The molecule has 8 heteroatoms. The van der Waals surface area contributed by atoms with Crippen molar-refractivity contribution in [3.63, 3.8) is 0 Å². The Labute approximate surface area is 103 Å². The van der Waals surface area contributed by atoms with Crippen LogP contribution in [0.15, 0.2) is 10.9 Å². The molecule has 1 N–H and O–H groups in total. The molecule has 7 nitrogen and oxygen atoms in total. The zero-order chi connectivity index (χ0) is 11.9. The number of diazo groups is 1. The maximum Gasteiger partial charge on any atom is 0.444 e. The molecular formula is C9H11ClN6O. The van der Waals surface area contributed by atoms with E-state index in [1.807, 2.05) is 20.8 Å². The first-order chi connectivity index (χ1) is 7.43. The molecule has 0 aliphatic heterocycles. The minimum atomic E-state index is -0.382. The molecule has 0 amide bonds.